The smallest absolute Gasteiger partial charge is 0.146 e. The second-order valence-electron chi connectivity index (χ2n) is 4.19. The van der Waals surface area contributed by atoms with Crippen molar-refractivity contribution >= 4 is 16.6 Å². The van der Waals surface area contributed by atoms with Crippen LogP contribution in [0.5, 0.6) is 0 Å². The standard InChI is InChI=1S/C9H15NO2S/c1-10-4-2-9(3-5-10)6-8(11)7-13(9)12/h2-7H2,1H3. The zero-order valence-electron chi connectivity index (χ0n) is 7.91. The van der Waals surface area contributed by atoms with E-state index in [1.165, 1.54) is 0 Å². The second-order valence-corrected chi connectivity index (χ2v) is 6.04. The van der Waals surface area contributed by atoms with E-state index in [1.54, 1.807) is 0 Å². The molecule has 0 radical (unpaired) electrons. The molecular formula is C9H15NO2S. The summed E-state index contributed by atoms with van der Waals surface area (Å²) in [7, 11) is 1.19. The lowest BCUT2D eigenvalue weighted by atomic mass is 9.91. The molecule has 0 N–H and O–H groups in total. The van der Waals surface area contributed by atoms with Gasteiger partial charge in [-0.25, -0.2) is 0 Å². The summed E-state index contributed by atoms with van der Waals surface area (Å²) in [6.45, 7) is 1.97. The van der Waals surface area contributed by atoms with Crippen molar-refractivity contribution in [2.45, 2.75) is 24.0 Å². The summed E-state index contributed by atoms with van der Waals surface area (Å²) < 4.78 is 11.6. The monoisotopic (exact) mass is 201 g/mol. The molecule has 1 atom stereocenters. The van der Waals surface area contributed by atoms with Crippen molar-refractivity contribution < 1.29 is 9.00 Å². The summed E-state index contributed by atoms with van der Waals surface area (Å²) in [6.07, 6.45) is 2.43. The van der Waals surface area contributed by atoms with E-state index in [4.69, 9.17) is 0 Å². The maximum absolute atomic E-state index is 11.7. The number of likely N-dealkylation sites (tertiary alicyclic amines) is 1. The van der Waals surface area contributed by atoms with Crippen LogP contribution in [0, 0.1) is 0 Å². The van der Waals surface area contributed by atoms with Gasteiger partial charge >= 0.3 is 0 Å². The summed E-state index contributed by atoms with van der Waals surface area (Å²) in [6, 6.07) is 0. The molecule has 1 unspecified atom stereocenters. The lowest BCUT2D eigenvalue weighted by Crippen LogP contribution is -2.43. The van der Waals surface area contributed by atoms with Gasteiger partial charge in [0, 0.05) is 17.2 Å². The predicted molar refractivity (Wildman–Crippen MR) is 52.1 cm³/mol. The van der Waals surface area contributed by atoms with Gasteiger partial charge in [-0.1, -0.05) is 0 Å². The molecule has 2 saturated heterocycles. The number of hydrogen-bond donors (Lipinski definition) is 0. The Kier molecular flexibility index (Phi) is 2.28. The van der Waals surface area contributed by atoms with E-state index in [-0.39, 0.29) is 10.5 Å². The van der Waals surface area contributed by atoms with E-state index in [9.17, 15) is 9.00 Å². The second kappa shape index (κ2) is 3.17. The van der Waals surface area contributed by atoms with Crippen molar-refractivity contribution in [3.05, 3.63) is 0 Å². The Morgan fingerprint density at radius 1 is 1.38 bits per heavy atom. The molecule has 0 aromatic heterocycles. The van der Waals surface area contributed by atoms with E-state index in [2.05, 4.69) is 11.9 Å². The molecule has 2 fully saturated rings. The SMILES string of the molecule is CN1CCC2(CC1)CC(=O)CS2=O. The fourth-order valence-corrected chi connectivity index (χ4v) is 3.88. The molecule has 0 aromatic rings. The van der Waals surface area contributed by atoms with Gasteiger partial charge in [-0.15, -0.1) is 0 Å². The zero-order chi connectivity index (χ0) is 9.47. The lowest BCUT2D eigenvalue weighted by molar-refractivity contribution is -0.116. The van der Waals surface area contributed by atoms with Gasteiger partial charge in [-0.2, -0.15) is 0 Å². The first-order chi connectivity index (χ1) is 6.12. The van der Waals surface area contributed by atoms with Gasteiger partial charge in [-0.3, -0.25) is 9.00 Å². The average Bonchev–Trinajstić information content (AvgIpc) is 2.34. The van der Waals surface area contributed by atoms with Crippen LogP contribution in [0.2, 0.25) is 0 Å². The minimum absolute atomic E-state index is 0.135. The topological polar surface area (TPSA) is 37.4 Å². The number of carbonyl (C=O) groups excluding carboxylic acids is 1. The molecule has 13 heavy (non-hydrogen) atoms. The van der Waals surface area contributed by atoms with E-state index in [0.717, 1.165) is 25.9 Å². The fraction of sp³-hybridized carbons (Fsp3) is 0.889. The molecule has 0 amide bonds. The van der Waals surface area contributed by atoms with Crippen LogP contribution in [-0.4, -0.2) is 45.5 Å². The fourth-order valence-electron chi connectivity index (χ4n) is 2.22. The maximum Gasteiger partial charge on any atom is 0.146 e. The van der Waals surface area contributed by atoms with Crippen LogP contribution in [0.1, 0.15) is 19.3 Å². The van der Waals surface area contributed by atoms with Crippen molar-refractivity contribution in [3.63, 3.8) is 0 Å². The minimum Gasteiger partial charge on any atom is -0.306 e. The number of nitrogens with zero attached hydrogens (tertiary/aromatic N) is 1. The van der Waals surface area contributed by atoms with Crippen molar-refractivity contribution in [2.75, 3.05) is 25.9 Å². The highest BCUT2D eigenvalue weighted by Gasteiger charge is 2.46. The molecule has 0 saturated carbocycles. The molecule has 2 aliphatic heterocycles. The molecule has 0 aromatic carbocycles. The Hall–Kier alpha value is -0.220. The molecule has 4 heteroatoms. The molecule has 3 nitrogen and oxygen atoms in total. The Labute approximate surface area is 80.9 Å². The van der Waals surface area contributed by atoms with Crippen LogP contribution in [0.4, 0.5) is 0 Å². The van der Waals surface area contributed by atoms with Crippen LogP contribution in [0.15, 0.2) is 0 Å². The third kappa shape index (κ3) is 1.57. The van der Waals surface area contributed by atoms with Crippen molar-refractivity contribution in [3.8, 4) is 0 Å². The van der Waals surface area contributed by atoms with Crippen LogP contribution >= 0.6 is 0 Å². The molecule has 2 aliphatic rings. The number of piperidine rings is 1. The van der Waals surface area contributed by atoms with Crippen molar-refractivity contribution in [2.24, 2.45) is 0 Å². The van der Waals surface area contributed by atoms with E-state index >= 15 is 0 Å². The molecule has 0 aliphatic carbocycles. The van der Waals surface area contributed by atoms with Gasteiger partial charge in [0.1, 0.15) is 5.78 Å². The van der Waals surface area contributed by atoms with Gasteiger partial charge in [0.05, 0.1) is 10.5 Å². The Morgan fingerprint density at radius 3 is 2.46 bits per heavy atom. The predicted octanol–water partition coefficient (Wildman–Crippen LogP) is 0.172. The summed E-state index contributed by atoms with van der Waals surface area (Å²) in [4.78, 5) is 13.4. The first-order valence-corrected chi connectivity index (χ1v) is 6.03. The molecule has 0 bridgehead atoms. The number of carbonyl (C=O) groups is 1. The number of rotatable bonds is 0. The minimum atomic E-state index is -0.889. The highest BCUT2D eigenvalue weighted by atomic mass is 32.2. The zero-order valence-corrected chi connectivity index (χ0v) is 8.73. The third-order valence-corrected chi connectivity index (χ3v) is 5.30. The van der Waals surface area contributed by atoms with E-state index < -0.39 is 10.8 Å². The lowest BCUT2D eigenvalue weighted by Gasteiger charge is -2.35. The van der Waals surface area contributed by atoms with Gasteiger partial charge in [0.15, 0.2) is 0 Å². The first kappa shape index (κ1) is 9.34. The highest BCUT2D eigenvalue weighted by molar-refractivity contribution is 7.87. The number of ketones is 1. The van der Waals surface area contributed by atoms with Gasteiger partial charge in [0.25, 0.3) is 0 Å². The Balaban J connectivity index is 2.13. The van der Waals surface area contributed by atoms with Gasteiger partial charge in [-0.05, 0) is 33.0 Å². The van der Waals surface area contributed by atoms with Crippen molar-refractivity contribution in [1.82, 2.24) is 4.90 Å². The molecule has 2 heterocycles. The molecular weight excluding hydrogens is 186 g/mol. The summed E-state index contributed by atoms with van der Waals surface area (Å²) >= 11 is 0. The van der Waals surface area contributed by atoms with Gasteiger partial charge in [0.2, 0.25) is 0 Å². The average molecular weight is 201 g/mol. The van der Waals surface area contributed by atoms with Crippen molar-refractivity contribution in [1.29, 1.82) is 0 Å². The van der Waals surface area contributed by atoms with Crippen LogP contribution < -0.4 is 0 Å². The number of hydrogen-bond acceptors (Lipinski definition) is 3. The maximum atomic E-state index is 11.7. The molecule has 1 spiro atoms. The van der Waals surface area contributed by atoms with E-state index in [0.29, 0.717) is 12.2 Å². The summed E-state index contributed by atoms with van der Waals surface area (Å²) in [5.74, 6) is 0.506. The Morgan fingerprint density at radius 2 is 2.00 bits per heavy atom. The molecule has 2 rings (SSSR count). The summed E-state index contributed by atoms with van der Waals surface area (Å²) in [5, 5.41) is 0. The van der Waals surface area contributed by atoms with Gasteiger partial charge < -0.3 is 4.90 Å². The Bertz CT molecular complexity index is 256. The molecule has 74 valence electrons. The van der Waals surface area contributed by atoms with E-state index in [1.807, 2.05) is 0 Å². The largest absolute Gasteiger partial charge is 0.306 e. The normalized spacial score (nSPS) is 34.2. The van der Waals surface area contributed by atoms with Crippen LogP contribution in [-0.2, 0) is 15.6 Å². The highest BCUT2D eigenvalue weighted by Crippen LogP contribution is 2.36. The number of Topliss-reactive ketones (excluding diaryl/α,β-unsaturated/α-hetero) is 1. The third-order valence-electron chi connectivity index (χ3n) is 3.19. The van der Waals surface area contributed by atoms with Crippen LogP contribution in [0.3, 0.4) is 0 Å². The summed E-state index contributed by atoms with van der Waals surface area (Å²) in [5.41, 5.74) is 0. The first-order valence-electron chi connectivity index (χ1n) is 4.71. The van der Waals surface area contributed by atoms with Crippen LogP contribution in [0.25, 0.3) is 0 Å². The quantitative estimate of drug-likeness (QED) is 0.561.